The second kappa shape index (κ2) is 4.47. The van der Waals surface area contributed by atoms with Crippen molar-refractivity contribution >= 4 is 28.8 Å². The van der Waals surface area contributed by atoms with Crippen LogP contribution in [-0.2, 0) is 4.79 Å². The number of aldehydes is 1. The van der Waals surface area contributed by atoms with Gasteiger partial charge in [-0.05, 0) is 0 Å². The molecule has 0 aromatic rings. The zero-order valence-electron chi connectivity index (χ0n) is 2.98. The van der Waals surface area contributed by atoms with E-state index in [1.165, 1.54) is 22.5 Å². The van der Waals surface area contributed by atoms with Crippen LogP contribution in [0.4, 0.5) is 0 Å². The molecule has 0 aliphatic heterocycles. The Bertz CT molecular complexity index is 28.1. The first-order valence-corrected chi connectivity index (χ1v) is 3.88. The number of carbonyl (C=O) groups excluding carboxylic acids is 1. The van der Waals surface area contributed by atoms with E-state index in [1.807, 2.05) is 0 Å². The molecule has 0 fully saturated rings. The van der Waals surface area contributed by atoms with Crippen molar-refractivity contribution in [3.63, 3.8) is 0 Å². The minimum atomic E-state index is 0.766. The minimum absolute atomic E-state index is 0.766. The Hall–Kier alpha value is 0.469. The van der Waals surface area contributed by atoms with Crippen molar-refractivity contribution in [3.8, 4) is 0 Å². The summed E-state index contributed by atoms with van der Waals surface area (Å²) >= 11 is 1.22. The van der Waals surface area contributed by atoms with Crippen molar-refractivity contribution in [1.82, 2.24) is 0 Å². The molecule has 0 rings (SSSR count). The third kappa shape index (κ3) is 4.47. The number of carbonyl (C=O) groups is 1. The first-order chi connectivity index (χ1) is 2.41. The van der Waals surface area contributed by atoms with Gasteiger partial charge in [0.1, 0.15) is 0 Å². The second-order valence-corrected chi connectivity index (χ2v) is 2.39. The summed E-state index contributed by atoms with van der Waals surface area (Å²) in [4.78, 5) is 9.43. The van der Waals surface area contributed by atoms with Crippen molar-refractivity contribution in [2.45, 2.75) is 10.9 Å². The van der Waals surface area contributed by atoms with E-state index in [0.29, 0.717) is 0 Å². The first-order valence-electron chi connectivity index (χ1n) is 1.55. The SMILES string of the molecule is O=CC[CH2][SnH]. The Morgan fingerprint density at radius 3 is 2.40 bits per heavy atom. The van der Waals surface area contributed by atoms with E-state index in [2.05, 4.69) is 0 Å². The summed E-state index contributed by atoms with van der Waals surface area (Å²) < 4.78 is 1.11. The maximum atomic E-state index is 9.43. The molecule has 0 aromatic carbocycles. The van der Waals surface area contributed by atoms with Crippen LogP contribution in [0.25, 0.3) is 0 Å². The van der Waals surface area contributed by atoms with Crippen LogP contribution in [0.5, 0.6) is 0 Å². The first kappa shape index (κ1) is 5.47. The van der Waals surface area contributed by atoms with Gasteiger partial charge in [0.25, 0.3) is 0 Å². The number of hydrogen-bond donors (Lipinski definition) is 0. The molecule has 0 saturated heterocycles. The van der Waals surface area contributed by atoms with E-state index in [0.717, 1.165) is 17.1 Å². The van der Waals surface area contributed by atoms with Gasteiger partial charge >= 0.3 is 44.5 Å². The van der Waals surface area contributed by atoms with Crippen LogP contribution >= 0.6 is 0 Å². The molecule has 0 unspecified atom stereocenters. The summed E-state index contributed by atoms with van der Waals surface area (Å²) in [5.74, 6) is 0. The van der Waals surface area contributed by atoms with Crippen molar-refractivity contribution in [2.75, 3.05) is 0 Å². The van der Waals surface area contributed by atoms with Crippen LogP contribution < -0.4 is 0 Å². The van der Waals surface area contributed by atoms with Crippen LogP contribution in [0.2, 0.25) is 4.44 Å². The number of hydrogen-bond acceptors (Lipinski definition) is 1. The molecule has 5 heavy (non-hydrogen) atoms. The van der Waals surface area contributed by atoms with E-state index in [9.17, 15) is 4.79 Å². The summed E-state index contributed by atoms with van der Waals surface area (Å²) in [5.41, 5.74) is 0. The fourth-order valence-corrected chi connectivity index (χ4v) is 0.456. The predicted molar refractivity (Wildman–Crippen MR) is 22.6 cm³/mol. The summed E-state index contributed by atoms with van der Waals surface area (Å²) in [7, 11) is 0. The van der Waals surface area contributed by atoms with E-state index >= 15 is 0 Å². The molecule has 0 amide bonds. The monoisotopic (exact) mass is 178 g/mol. The fourth-order valence-electron chi connectivity index (χ4n) is 0.0680. The maximum absolute atomic E-state index is 9.43. The summed E-state index contributed by atoms with van der Waals surface area (Å²) in [5, 5.41) is 0. The Morgan fingerprint density at radius 1 is 1.80 bits per heavy atom. The molecule has 0 aliphatic rings. The zero-order chi connectivity index (χ0) is 4.12. The van der Waals surface area contributed by atoms with Gasteiger partial charge in [-0.3, -0.25) is 0 Å². The van der Waals surface area contributed by atoms with Gasteiger partial charge < -0.3 is 0 Å². The normalized spacial score (nSPS) is 7.40. The van der Waals surface area contributed by atoms with Crippen molar-refractivity contribution in [1.29, 1.82) is 0 Å². The van der Waals surface area contributed by atoms with E-state index in [-0.39, 0.29) is 0 Å². The standard InChI is InChI=1S/C3H5O.Sn.H/c1-2-3-4;;/h3H,1-2H2;;. The predicted octanol–water partition coefficient (Wildman–Crippen LogP) is -0.106. The molecule has 2 radical (unpaired) electrons. The molecule has 0 atom stereocenters. The van der Waals surface area contributed by atoms with Crippen LogP contribution in [0.1, 0.15) is 6.42 Å². The third-order valence-corrected chi connectivity index (χ3v) is 1.24. The Balaban J connectivity index is 2.40. The molecule has 0 aliphatic carbocycles. The summed E-state index contributed by atoms with van der Waals surface area (Å²) in [6.45, 7) is 0. The molecule has 0 spiro atoms. The summed E-state index contributed by atoms with van der Waals surface area (Å²) in [6.07, 6.45) is 1.73. The van der Waals surface area contributed by atoms with Crippen LogP contribution in [-0.4, -0.2) is 28.8 Å². The van der Waals surface area contributed by atoms with Gasteiger partial charge in [0.2, 0.25) is 0 Å². The van der Waals surface area contributed by atoms with Crippen LogP contribution in [0.3, 0.4) is 0 Å². The van der Waals surface area contributed by atoms with Gasteiger partial charge in [0.05, 0.1) is 0 Å². The van der Waals surface area contributed by atoms with E-state index in [4.69, 9.17) is 0 Å². The van der Waals surface area contributed by atoms with Crippen LogP contribution in [0.15, 0.2) is 0 Å². The van der Waals surface area contributed by atoms with Crippen molar-refractivity contribution in [2.24, 2.45) is 0 Å². The van der Waals surface area contributed by atoms with Gasteiger partial charge in [0, 0.05) is 0 Å². The molecule has 1 nitrogen and oxygen atoms in total. The Labute approximate surface area is 44.8 Å². The third-order valence-electron chi connectivity index (χ3n) is 0.285. The quantitative estimate of drug-likeness (QED) is 0.424. The molecule has 28 valence electrons. The Morgan fingerprint density at radius 2 is 2.40 bits per heavy atom. The topological polar surface area (TPSA) is 17.1 Å². The molecule has 0 N–H and O–H groups in total. The second-order valence-electron chi connectivity index (χ2n) is 0.744. The van der Waals surface area contributed by atoms with Gasteiger partial charge in [-0.15, -0.1) is 0 Å². The van der Waals surface area contributed by atoms with Gasteiger partial charge in [0.15, 0.2) is 0 Å². The molecule has 0 saturated carbocycles. The molecule has 0 aromatic heterocycles. The molecule has 0 heterocycles. The van der Waals surface area contributed by atoms with Crippen molar-refractivity contribution < 1.29 is 4.79 Å². The zero-order valence-corrected chi connectivity index (χ0v) is 6.27. The fraction of sp³-hybridized carbons (Fsp3) is 0.667. The molecular formula is C3H6OSn. The molecule has 0 bridgehead atoms. The Kier molecular flexibility index (Phi) is 4.89. The van der Waals surface area contributed by atoms with E-state index < -0.39 is 0 Å². The number of rotatable bonds is 2. The average molecular weight is 177 g/mol. The molecule has 2 heteroatoms. The van der Waals surface area contributed by atoms with Gasteiger partial charge in [-0.25, -0.2) is 0 Å². The van der Waals surface area contributed by atoms with Gasteiger partial charge in [-0.2, -0.15) is 0 Å². The van der Waals surface area contributed by atoms with Gasteiger partial charge in [-0.1, -0.05) is 0 Å². The van der Waals surface area contributed by atoms with Crippen molar-refractivity contribution in [3.05, 3.63) is 0 Å². The van der Waals surface area contributed by atoms with Crippen LogP contribution in [0, 0.1) is 0 Å². The van der Waals surface area contributed by atoms with E-state index in [1.54, 1.807) is 0 Å². The molecular weight excluding hydrogens is 171 g/mol. The summed E-state index contributed by atoms with van der Waals surface area (Å²) in [6, 6.07) is 0. The average Bonchev–Trinajstić information content (AvgIpc) is 1.41.